The molecule has 10 heteroatoms. The molecule has 0 saturated heterocycles. The van der Waals surface area contributed by atoms with Gasteiger partial charge in [-0.15, -0.1) is 5.10 Å². The number of imidazole rings is 1. The van der Waals surface area contributed by atoms with Crippen LogP contribution in [-0.4, -0.2) is 29.8 Å². The highest BCUT2D eigenvalue weighted by atomic mass is 35.5. The minimum absolute atomic E-state index is 0.151. The molecule has 162 valence electrons. The summed E-state index contributed by atoms with van der Waals surface area (Å²) < 4.78 is 3.73. The largest absolute Gasteiger partial charge is 0.326 e. The van der Waals surface area contributed by atoms with Gasteiger partial charge in [0, 0.05) is 23.4 Å². The molecule has 2 aromatic heterocycles. The van der Waals surface area contributed by atoms with Gasteiger partial charge < -0.3 is 4.57 Å². The van der Waals surface area contributed by atoms with Crippen LogP contribution in [0.15, 0.2) is 60.0 Å². The summed E-state index contributed by atoms with van der Waals surface area (Å²) in [5, 5.41) is 15.7. The molecule has 32 heavy (non-hydrogen) atoms. The molecule has 0 N–H and O–H groups in total. The summed E-state index contributed by atoms with van der Waals surface area (Å²) in [5.41, 5.74) is 13.6. The van der Waals surface area contributed by atoms with Crippen molar-refractivity contribution in [3.8, 4) is 16.8 Å². The molecule has 0 radical (unpaired) electrons. The van der Waals surface area contributed by atoms with Gasteiger partial charge in [0.15, 0.2) is 5.15 Å². The van der Waals surface area contributed by atoms with E-state index < -0.39 is 0 Å². The molecule has 2 heterocycles. The van der Waals surface area contributed by atoms with Crippen molar-refractivity contribution in [3.05, 3.63) is 87.5 Å². The molecule has 0 unspecified atom stereocenters. The van der Waals surface area contributed by atoms with E-state index in [2.05, 4.69) is 60.2 Å². The number of tetrazole rings is 1. The summed E-state index contributed by atoms with van der Waals surface area (Å²) in [6.07, 6.45) is 4.43. The fourth-order valence-electron chi connectivity index (χ4n) is 3.73. The van der Waals surface area contributed by atoms with Crippen LogP contribution >= 0.6 is 11.6 Å². The Morgan fingerprint density at radius 1 is 1.09 bits per heavy atom. The third kappa shape index (κ3) is 4.49. The summed E-state index contributed by atoms with van der Waals surface area (Å²) in [6.45, 7) is 2.84. The zero-order chi connectivity index (χ0) is 22.3. The lowest BCUT2D eigenvalue weighted by molar-refractivity contribution is 0.655. The molecule has 0 aliphatic heterocycles. The van der Waals surface area contributed by atoms with Crippen molar-refractivity contribution >= 4 is 11.6 Å². The second-order valence-corrected chi connectivity index (χ2v) is 7.63. The van der Waals surface area contributed by atoms with Crippen LogP contribution in [0.4, 0.5) is 0 Å². The molecular formula is C22H22ClN9. The third-order valence-corrected chi connectivity index (χ3v) is 5.58. The van der Waals surface area contributed by atoms with E-state index in [-0.39, 0.29) is 6.54 Å². The van der Waals surface area contributed by atoms with Crippen LogP contribution in [0.2, 0.25) is 5.15 Å². The first-order valence-corrected chi connectivity index (χ1v) is 10.8. The number of hydrogen-bond donors (Lipinski definition) is 0. The smallest absolute Gasteiger partial charge is 0.150 e. The lowest BCUT2D eigenvalue weighted by Crippen LogP contribution is -2.10. The van der Waals surface area contributed by atoms with Crippen LogP contribution in [0.1, 0.15) is 36.8 Å². The fourth-order valence-corrected chi connectivity index (χ4v) is 3.99. The van der Waals surface area contributed by atoms with E-state index in [1.54, 1.807) is 11.0 Å². The number of aryl methyl sites for hydroxylation is 1. The highest BCUT2D eigenvalue weighted by molar-refractivity contribution is 6.30. The number of nitrogens with zero attached hydrogens (tertiary/aromatic N) is 9. The van der Waals surface area contributed by atoms with Crippen molar-refractivity contribution in [1.82, 2.24) is 29.8 Å². The quantitative estimate of drug-likeness (QED) is 0.195. The molecule has 0 aliphatic carbocycles. The maximum Gasteiger partial charge on any atom is 0.150 e. The molecule has 0 spiro atoms. The van der Waals surface area contributed by atoms with Gasteiger partial charge in [-0.2, -0.15) is 4.68 Å². The zero-order valence-corrected chi connectivity index (χ0v) is 18.4. The number of aromatic nitrogens is 6. The Morgan fingerprint density at radius 2 is 1.88 bits per heavy atom. The van der Waals surface area contributed by atoms with Crippen LogP contribution in [0, 0.1) is 0 Å². The van der Waals surface area contributed by atoms with Crippen LogP contribution in [0.25, 0.3) is 27.3 Å². The maximum absolute atomic E-state index is 8.83. The zero-order valence-electron chi connectivity index (χ0n) is 17.6. The number of rotatable bonds is 9. The van der Waals surface area contributed by atoms with Crippen molar-refractivity contribution in [3.63, 3.8) is 0 Å². The normalized spacial score (nSPS) is 10.8. The van der Waals surface area contributed by atoms with Gasteiger partial charge in [-0.05, 0) is 39.6 Å². The predicted molar refractivity (Wildman–Crippen MR) is 122 cm³/mol. The molecule has 4 aromatic rings. The molecule has 4 rings (SSSR count). The van der Waals surface area contributed by atoms with Crippen LogP contribution in [0.3, 0.4) is 0 Å². The number of para-hydroxylation sites is 1. The SMILES string of the molecule is CCCCc1nc(Cl)c(CN=[N+]=[N-])n1Cc1ccccc1-c1ccccc1-n1cnnn1. The predicted octanol–water partition coefficient (Wildman–Crippen LogP) is 5.38. The number of benzene rings is 2. The average Bonchev–Trinajstić information content (AvgIpc) is 3.45. The standard InChI is InChI=1S/C22H22ClN9/c1-2-3-12-21-27-22(23)20(13-25-28-24)31(21)14-16-8-4-5-9-17(16)18-10-6-7-11-19(18)32-15-26-29-30-32/h4-11,15H,2-3,12-14H2,1H3. The molecular weight excluding hydrogens is 426 g/mol. The molecule has 0 atom stereocenters. The Labute approximate surface area is 190 Å². The number of halogens is 1. The highest BCUT2D eigenvalue weighted by Gasteiger charge is 2.18. The van der Waals surface area contributed by atoms with Gasteiger partial charge in [0.1, 0.15) is 12.2 Å². The van der Waals surface area contributed by atoms with Crippen molar-refractivity contribution in [1.29, 1.82) is 0 Å². The van der Waals surface area contributed by atoms with Crippen LogP contribution in [-0.2, 0) is 19.5 Å². The second-order valence-electron chi connectivity index (χ2n) is 7.27. The first-order valence-electron chi connectivity index (χ1n) is 10.4. The van der Waals surface area contributed by atoms with Gasteiger partial charge in [-0.3, -0.25) is 0 Å². The van der Waals surface area contributed by atoms with Crippen molar-refractivity contribution < 1.29 is 0 Å². The van der Waals surface area contributed by atoms with Crippen LogP contribution < -0.4 is 0 Å². The van der Waals surface area contributed by atoms with Gasteiger partial charge in [0.05, 0.1) is 17.9 Å². The molecule has 0 bridgehead atoms. The fraction of sp³-hybridized carbons (Fsp3) is 0.273. The molecule has 0 saturated carbocycles. The Morgan fingerprint density at radius 3 is 2.62 bits per heavy atom. The first-order chi connectivity index (χ1) is 15.7. The Hall–Kier alpha value is -3.68. The van der Waals surface area contributed by atoms with E-state index >= 15 is 0 Å². The lowest BCUT2D eigenvalue weighted by Gasteiger charge is -2.16. The van der Waals surface area contributed by atoms with Gasteiger partial charge in [0.2, 0.25) is 0 Å². The average molecular weight is 448 g/mol. The van der Waals surface area contributed by atoms with Crippen molar-refractivity contribution in [2.45, 2.75) is 39.3 Å². The molecule has 0 aliphatic rings. The van der Waals surface area contributed by atoms with E-state index in [0.717, 1.165) is 53.2 Å². The van der Waals surface area contributed by atoms with Crippen molar-refractivity contribution in [2.24, 2.45) is 5.11 Å². The monoisotopic (exact) mass is 447 g/mol. The van der Waals surface area contributed by atoms with E-state index in [1.807, 2.05) is 30.3 Å². The van der Waals surface area contributed by atoms with Crippen LogP contribution in [0.5, 0.6) is 0 Å². The highest BCUT2D eigenvalue weighted by Crippen LogP contribution is 2.31. The summed E-state index contributed by atoms with van der Waals surface area (Å²) in [6, 6.07) is 16.2. The number of hydrogen-bond acceptors (Lipinski definition) is 5. The topological polar surface area (TPSA) is 110 Å². The van der Waals surface area contributed by atoms with Gasteiger partial charge in [-0.25, -0.2) is 4.98 Å². The lowest BCUT2D eigenvalue weighted by atomic mass is 9.98. The summed E-state index contributed by atoms with van der Waals surface area (Å²) in [5.74, 6) is 0.892. The van der Waals surface area contributed by atoms with Gasteiger partial charge in [-0.1, -0.05) is 72.5 Å². The Bertz CT molecular complexity index is 1240. The summed E-state index contributed by atoms with van der Waals surface area (Å²) >= 11 is 6.44. The van der Waals surface area contributed by atoms with E-state index in [9.17, 15) is 0 Å². The summed E-state index contributed by atoms with van der Waals surface area (Å²) in [4.78, 5) is 7.47. The first kappa shape index (κ1) is 21.5. The van der Waals surface area contributed by atoms with Crippen molar-refractivity contribution in [2.75, 3.05) is 0 Å². The van der Waals surface area contributed by atoms with E-state index in [0.29, 0.717) is 11.7 Å². The Kier molecular flexibility index (Phi) is 6.79. The molecule has 2 aromatic carbocycles. The minimum Gasteiger partial charge on any atom is -0.326 e. The molecule has 0 amide bonds. The van der Waals surface area contributed by atoms with Gasteiger partial charge >= 0.3 is 0 Å². The number of unbranched alkanes of at least 4 members (excludes halogenated alkanes) is 1. The number of azide groups is 1. The summed E-state index contributed by atoms with van der Waals surface area (Å²) in [7, 11) is 0. The molecule has 9 nitrogen and oxygen atoms in total. The maximum atomic E-state index is 8.83. The Balaban J connectivity index is 1.80. The third-order valence-electron chi connectivity index (χ3n) is 5.28. The van der Waals surface area contributed by atoms with Gasteiger partial charge in [0.25, 0.3) is 0 Å². The minimum atomic E-state index is 0.151. The second kappa shape index (κ2) is 10.1. The molecule has 0 fully saturated rings. The van der Waals surface area contributed by atoms with E-state index in [4.69, 9.17) is 17.1 Å². The van der Waals surface area contributed by atoms with E-state index in [1.165, 1.54) is 0 Å².